The van der Waals surface area contributed by atoms with Crippen LogP contribution in [0.15, 0.2) is 243 Å². The lowest BCUT2D eigenvalue weighted by Gasteiger charge is -2.33. The molecular formula is C60H40BN7SSi. The van der Waals surface area contributed by atoms with E-state index in [-0.39, 0.29) is 7.12 Å². The molecule has 15 rings (SSSR count). The lowest BCUT2D eigenvalue weighted by molar-refractivity contribution is 1.11. The molecule has 0 fully saturated rings. The Hall–Kier alpha value is -8.70. The molecular weight excluding hydrogens is 890 g/mol. The quantitative estimate of drug-likeness (QED) is 0.118. The van der Waals surface area contributed by atoms with E-state index < -0.39 is 8.07 Å². The molecule has 0 saturated carbocycles. The molecule has 6 heterocycles. The molecule has 9 aromatic carbocycles. The molecule has 70 heavy (non-hydrogen) atoms. The van der Waals surface area contributed by atoms with E-state index in [9.17, 15) is 0 Å². The molecule has 0 unspecified atom stereocenters. The Morgan fingerprint density at radius 2 is 0.986 bits per heavy atom. The Morgan fingerprint density at radius 3 is 1.70 bits per heavy atom. The predicted octanol–water partition coefficient (Wildman–Crippen LogP) is 12.0. The molecule has 13 aromatic rings. The van der Waals surface area contributed by atoms with Crippen LogP contribution in [0.2, 0.25) is 0 Å². The number of imidazole rings is 2. The summed E-state index contributed by atoms with van der Waals surface area (Å²) in [5, 5.41) is 7.51. The van der Waals surface area contributed by atoms with E-state index in [0.29, 0.717) is 0 Å². The maximum Gasteiger partial charge on any atom is 0.519 e. The van der Waals surface area contributed by atoms with Crippen molar-refractivity contribution < 1.29 is 0 Å². The summed E-state index contributed by atoms with van der Waals surface area (Å²) in [5.41, 5.74) is 12.2. The van der Waals surface area contributed by atoms with E-state index in [4.69, 9.17) is 9.97 Å². The van der Waals surface area contributed by atoms with Crippen LogP contribution in [0.1, 0.15) is 0 Å². The molecule has 7 nitrogen and oxygen atoms in total. The van der Waals surface area contributed by atoms with Gasteiger partial charge < -0.3 is 14.4 Å². The number of para-hydroxylation sites is 7. The first-order valence-electron chi connectivity index (χ1n) is 23.8. The maximum absolute atomic E-state index is 5.52. The standard InChI is InChI=1S/C60H40BN7SSi/c1-4-19-41(20-5-1)66-52-30-13-15-32-54(52)68-55-33-16-14-31-53(55)67(61(66)68)43-35-36-49-56(40-43)65-51-29-12-11-28-50(51)64(60(65)63-49)42-21-18-26-46(39-42)70(44-22-6-2-7-23-44,45-24-8-3-9-25-45)59-58-48(37-38-62-59)47-27-10-17-34-57(47)69-58/h1-40H. The van der Waals surface area contributed by atoms with Crippen molar-refractivity contribution in [3.8, 4) is 5.69 Å². The average Bonchev–Trinajstić information content (AvgIpc) is 4.23. The van der Waals surface area contributed by atoms with Crippen LogP contribution in [0, 0.1) is 0 Å². The predicted molar refractivity (Wildman–Crippen MR) is 295 cm³/mol. The number of anilines is 6. The lowest BCUT2D eigenvalue weighted by Crippen LogP contribution is -2.75. The molecule has 0 atom stereocenters. The first-order chi connectivity index (χ1) is 34.8. The SMILES string of the molecule is c1ccc(N2B3N(c4ccc5nc6n(-c7cccc([Si](c8ccccc8)(c8ccccc8)c8nccc9c8sc8ccccc89)c7)c7ccccc7n6c5c4)c4ccccc4N3c3ccccc32)cc1. The van der Waals surface area contributed by atoms with Crippen molar-refractivity contribution >= 4 is 130 Å². The third kappa shape index (κ3) is 5.45. The third-order valence-electron chi connectivity index (χ3n) is 14.6. The van der Waals surface area contributed by atoms with Crippen LogP contribution in [-0.4, -0.2) is 34.1 Å². The number of rotatable bonds is 7. The number of pyridine rings is 1. The van der Waals surface area contributed by atoms with Crippen LogP contribution in [0.25, 0.3) is 53.7 Å². The summed E-state index contributed by atoms with van der Waals surface area (Å²) in [6.07, 6.45) is 2.03. The summed E-state index contributed by atoms with van der Waals surface area (Å²) in [6, 6.07) is 86.4. The van der Waals surface area contributed by atoms with Gasteiger partial charge in [0.1, 0.15) is 0 Å². The first kappa shape index (κ1) is 39.3. The van der Waals surface area contributed by atoms with Crippen LogP contribution in [0.5, 0.6) is 0 Å². The third-order valence-corrected chi connectivity index (χ3v) is 20.6. The number of benzene rings is 9. The average molecular weight is 930 g/mol. The molecule has 2 aliphatic heterocycles. The van der Waals surface area contributed by atoms with E-state index >= 15 is 0 Å². The van der Waals surface area contributed by atoms with Gasteiger partial charge in [-0.15, -0.1) is 11.3 Å². The molecule has 0 spiro atoms. The molecule has 2 aliphatic rings. The van der Waals surface area contributed by atoms with Gasteiger partial charge in [-0.2, -0.15) is 0 Å². The zero-order valence-corrected chi connectivity index (χ0v) is 39.5. The van der Waals surface area contributed by atoms with Gasteiger partial charge in [-0.1, -0.05) is 146 Å². The molecule has 0 amide bonds. The number of hydrogen-bond acceptors (Lipinski definition) is 6. The normalized spacial score (nSPS) is 13.3. The zero-order valence-electron chi connectivity index (χ0n) is 37.7. The highest BCUT2D eigenvalue weighted by atomic mass is 32.1. The lowest BCUT2D eigenvalue weighted by atomic mass is 9.86. The van der Waals surface area contributed by atoms with Gasteiger partial charge in [-0.3, -0.25) is 14.0 Å². The highest BCUT2D eigenvalue weighted by Crippen LogP contribution is 2.55. The van der Waals surface area contributed by atoms with E-state index in [0.717, 1.165) is 55.9 Å². The summed E-state index contributed by atoms with van der Waals surface area (Å²) in [4.78, 5) is 18.4. The van der Waals surface area contributed by atoms with Crippen LogP contribution < -0.4 is 35.3 Å². The Morgan fingerprint density at radius 1 is 0.414 bits per heavy atom. The van der Waals surface area contributed by atoms with E-state index in [2.05, 4.69) is 260 Å². The fraction of sp³-hybridized carbons (Fsp3) is 0. The number of thiophene rings is 1. The monoisotopic (exact) mass is 929 g/mol. The van der Waals surface area contributed by atoms with E-state index in [1.165, 1.54) is 52.8 Å². The molecule has 0 N–H and O–H groups in total. The molecule has 0 saturated heterocycles. The van der Waals surface area contributed by atoms with Crippen LogP contribution in [-0.2, 0) is 0 Å². The Balaban J connectivity index is 0.950. The van der Waals surface area contributed by atoms with Crippen molar-refractivity contribution in [1.82, 2.24) is 18.9 Å². The second-order valence-corrected chi connectivity index (χ2v) is 22.9. The Bertz CT molecular complexity index is 4140. The van der Waals surface area contributed by atoms with Crippen molar-refractivity contribution in [2.24, 2.45) is 0 Å². The van der Waals surface area contributed by atoms with Gasteiger partial charge in [0.15, 0.2) is 0 Å². The highest BCUT2D eigenvalue weighted by molar-refractivity contribution is 7.30. The van der Waals surface area contributed by atoms with Gasteiger partial charge in [0, 0.05) is 38.7 Å². The minimum absolute atomic E-state index is 0.159. The summed E-state index contributed by atoms with van der Waals surface area (Å²) < 4.78 is 7.24. The number of aromatic nitrogens is 4. The molecule has 10 heteroatoms. The Kier molecular flexibility index (Phi) is 8.51. The minimum atomic E-state index is -3.11. The summed E-state index contributed by atoms with van der Waals surface area (Å²) >= 11 is 1.86. The number of nitrogens with zero attached hydrogens (tertiary/aromatic N) is 7. The summed E-state index contributed by atoms with van der Waals surface area (Å²) in [5.74, 6) is 0.865. The van der Waals surface area contributed by atoms with Gasteiger partial charge in [0.25, 0.3) is 0 Å². The summed E-state index contributed by atoms with van der Waals surface area (Å²) in [7, 11) is -3.27. The fourth-order valence-corrected chi connectivity index (χ4v) is 18.1. The second kappa shape index (κ2) is 15.2. The summed E-state index contributed by atoms with van der Waals surface area (Å²) in [6.45, 7) is 0. The smallest absolute Gasteiger partial charge is 0.344 e. The minimum Gasteiger partial charge on any atom is -0.344 e. The van der Waals surface area contributed by atoms with Crippen molar-refractivity contribution in [1.29, 1.82) is 0 Å². The van der Waals surface area contributed by atoms with Gasteiger partial charge in [0.05, 0.1) is 54.8 Å². The van der Waals surface area contributed by atoms with Crippen LogP contribution >= 0.6 is 11.3 Å². The van der Waals surface area contributed by atoms with Crippen molar-refractivity contribution in [3.05, 3.63) is 243 Å². The second-order valence-electron chi connectivity index (χ2n) is 18.2. The highest BCUT2D eigenvalue weighted by Gasteiger charge is 2.53. The Labute approximate surface area is 409 Å². The largest absolute Gasteiger partial charge is 0.519 e. The van der Waals surface area contributed by atoms with Crippen molar-refractivity contribution in [3.63, 3.8) is 0 Å². The van der Waals surface area contributed by atoms with Crippen LogP contribution in [0.3, 0.4) is 0 Å². The molecule has 0 bridgehead atoms. The van der Waals surface area contributed by atoms with Crippen molar-refractivity contribution in [2.45, 2.75) is 0 Å². The number of fused-ring (bicyclic) bond motifs is 13. The van der Waals surface area contributed by atoms with Crippen molar-refractivity contribution in [2.75, 3.05) is 14.4 Å². The maximum atomic E-state index is 5.52. The fourth-order valence-electron chi connectivity index (χ4n) is 11.7. The first-order valence-corrected chi connectivity index (χ1v) is 26.6. The molecule has 0 radical (unpaired) electrons. The van der Waals surface area contributed by atoms with Gasteiger partial charge in [0.2, 0.25) is 13.9 Å². The van der Waals surface area contributed by atoms with E-state index in [1.807, 2.05) is 17.5 Å². The van der Waals surface area contributed by atoms with Gasteiger partial charge >= 0.3 is 7.12 Å². The molecule has 0 aliphatic carbocycles. The molecule has 328 valence electrons. The van der Waals surface area contributed by atoms with Gasteiger partial charge in [-0.05, 0) is 107 Å². The van der Waals surface area contributed by atoms with Crippen LogP contribution in [0.4, 0.5) is 34.1 Å². The number of hydrogen-bond donors (Lipinski definition) is 0. The van der Waals surface area contributed by atoms with E-state index in [1.54, 1.807) is 0 Å². The zero-order chi connectivity index (χ0) is 45.9. The molecule has 4 aromatic heterocycles. The topological polar surface area (TPSA) is 44.8 Å². The van der Waals surface area contributed by atoms with Gasteiger partial charge in [-0.25, -0.2) is 4.98 Å².